The SMILES string of the molecule is Cc1cccc(-c2ccc(C#N)c(N)c2)c1. The molecule has 78 valence electrons. The lowest BCUT2D eigenvalue weighted by Crippen LogP contribution is -1.90. The van der Waals surface area contributed by atoms with Gasteiger partial charge in [0.1, 0.15) is 6.07 Å². The van der Waals surface area contributed by atoms with Crippen LogP contribution in [0, 0.1) is 18.3 Å². The molecular formula is C14H12N2. The summed E-state index contributed by atoms with van der Waals surface area (Å²) in [6.45, 7) is 2.05. The van der Waals surface area contributed by atoms with Gasteiger partial charge in [-0.15, -0.1) is 0 Å². The summed E-state index contributed by atoms with van der Waals surface area (Å²) in [6, 6.07) is 15.8. The van der Waals surface area contributed by atoms with Crippen LogP contribution in [0.3, 0.4) is 0 Å². The van der Waals surface area contributed by atoms with Gasteiger partial charge in [-0.05, 0) is 30.2 Å². The molecule has 2 aromatic rings. The van der Waals surface area contributed by atoms with Crippen molar-refractivity contribution in [3.8, 4) is 17.2 Å². The fraction of sp³-hybridized carbons (Fsp3) is 0.0714. The second-order valence-electron chi connectivity index (χ2n) is 3.78. The molecule has 0 atom stereocenters. The first kappa shape index (κ1) is 10.3. The van der Waals surface area contributed by atoms with Gasteiger partial charge in [0, 0.05) is 0 Å². The molecule has 2 rings (SSSR count). The van der Waals surface area contributed by atoms with Crippen molar-refractivity contribution in [2.24, 2.45) is 0 Å². The Labute approximate surface area is 95.0 Å². The van der Waals surface area contributed by atoms with Crippen LogP contribution in [0.4, 0.5) is 5.69 Å². The van der Waals surface area contributed by atoms with E-state index >= 15 is 0 Å². The van der Waals surface area contributed by atoms with Crippen molar-refractivity contribution < 1.29 is 0 Å². The fourth-order valence-corrected chi connectivity index (χ4v) is 1.67. The highest BCUT2D eigenvalue weighted by Crippen LogP contribution is 2.24. The third kappa shape index (κ3) is 1.89. The first-order valence-corrected chi connectivity index (χ1v) is 5.07. The Hall–Kier alpha value is -2.27. The molecule has 0 fully saturated rings. The van der Waals surface area contributed by atoms with Crippen LogP contribution in [0.25, 0.3) is 11.1 Å². The lowest BCUT2D eigenvalue weighted by Gasteiger charge is -2.05. The Morgan fingerprint density at radius 1 is 1.06 bits per heavy atom. The van der Waals surface area contributed by atoms with Gasteiger partial charge in [0.2, 0.25) is 0 Å². The summed E-state index contributed by atoms with van der Waals surface area (Å²) in [5.41, 5.74) is 10.2. The zero-order valence-electron chi connectivity index (χ0n) is 9.07. The number of nitrogens with zero attached hydrogens (tertiary/aromatic N) is 1. The molecule has 0 saturated heterocycles. The number of hydrogen-bond acceptors (Lipinski definition) is 2. The van der Waals surface area contributed by atoms with E-state index in [2.05, 4.69) is 25.1 Å². The predicted molar refractivity (Wildman–Crippen MR) is 65.7 cm³/mol. The molecule has 2 heteroatoms. The van der Waals surface area contributed by atoms with Gasteiger partial charge in [0.05, 0.1) is 11.3 Å². The normalized spacial score (nSPS) is 9.75. The number of nitriles is 1. The van der Waals surface area contributed by atoms with Crippen LogP contribution in [0.2, 0.25) is 0 Å². The molecule has 0 aliphatic carbocycles. The van der Waals surface area contributed by atoms with Gasteiger partial charge in [-0.1, -0.05) is 35.9 Å². The number of hydrogen-bond donors (Lipinski definition) is 1. The summed E-state index contributed by atoms with van der Waals surface area (Å²) in [7, 11) is 0. The van der Waals surface area contributed by atoms with Gasteiger partial charge < -0.3 is 5.73 Å². The van der Waals surface area contributed by atoms with E-state index in [1.165, 1.54) is 5.56 Å². The Morgan fingerprint density at radius 2 is 1.81 bits per heavy atom. The molecule has 2 N–H and O–H groups in total. The maximum Gasteiger partial charge on any atom is 0.101 e. The van der Waals surface area contributed by atoms with Crippen molar-refractivity contribution >= 4 is 5.69 Å². The van der Waals surface area contributed by atoms with Crippen LogP contribution in [0.5, 0.6) is 0 Å². The average molecular weight is 208 g/mol. The molecule has 0 amide bonds. The average Bonchev–Trinajstić information content (AvgIpc) is 2.29. The van der Waals surface area contributed by atoms with Crippen LogP contribution in [-0.4, -0.2) is 0 Å². The Kier molecular flexibility index (Phi) is 2.61. The number of aryl methyl sites for hydroxylation is 1. The minimum atomic E-state index is 0.524. The number of nitrogen functional groups attached to an aromatic ring is 1. The molecule has 0 aliphatic rings. The zero-order chi connectivity index (χ0) is 11.5. The van der Waals surface area contributed by atoms with Gasteiger partial charge in [0.15, 0.2) is 0 Å². The molecule has 2 aromatic carbocycles. The summed E-state index contributed by atoms with van der Waals surface area (Å²) < 4.78 is 0. The first-order chi connectivity index (χ1) is 7.70. The highest BCUT2D eigenvalue weighted by Gasteiger charge is 2.02. The van der Waals surface area contributed by atoms with Crippen LogP contribution in [0.15, 0.2) is 42.5 Å². The van der Waals surface area contributed by atoms with Gasteiger partial charge >= 0.3 is 0 Å². The van der Waals surface area contributed by atoms with Crippen molar-refractivity contribution in [2.75, 3.05) is 5.73 Å². The first-order valence-electron chi connectivity index (χ1n) is 5.07. The van der Waals surface area contributed by atoms with Gasteiger partial charge in [-0.3, -0.25) is 0 Å². The summed E-state index contributed by atoms with van der Waals surface area (Å²) >= 11 is 0. The molecule has 0 saturated carbocycles. The van der Waals surface area contributed by atoms with E-state index in [4.69, 9.17) is 11.0 Å². The summed E-state index contributed by atoms with van der Waals surface area (Å²) in [6.07, 6.45) is 0. The monoisotopic (exact) mass is 208 g/mol. The van der Waals surface area contributed by atoms with Crippen LogP contribution in [0.1, 0.15) is 11.1 Å². The maximum atomic E-state index is 8.79. The van der Waals surface area contributed by atoms with Crippen molar-refractivity contribution in [1.82, 2.24) is 0 Å². The maximum absolute atomic E-state index is 8.79. The number of rotatable bonds is 1. The van der Waals surface area contributed by atoms with Crippen molar-refractivity contribution in [1.29, 1.82) is 5.26 Å². The summed E-state index contributed by atoms with van der Waals surface area (Å²) in [4.78, 5) is 0. The van der Waals surface area contributed by atoms with Gasteiger partial charge in [-0.25, -0.2) is 0 Å². The molecule has 0 aliphatic heterocycles. The second-order valence-corrected chi connectivity index (χ2v) is 3.78. The third-order valence-electron chi connectivity index (χ3n) is 2.52. The topological polar surface area (TPSA) is 49.8 Å². The van der Waals surface area contributed by atoms with Crippen LogP contribution >= 0.6 is 0 Å². The van der Waals surface area contributed by atoms with Gasteiger partial charge in [0.25, 0.3) is 0 Å². The highest BCUT2D eigenvalue weighted by atomic mass is 14.6. The predicted octanol–water partition coefficient (Wildman–Crippen LogP) is 3.12. The lowest BCUT2D eigenvalue weighted by molar-refractivity contribution is 1.46. The summed E-state index contributed by atoms with van der Waals surface area (Å²) in [5.74, 6) is 0. The summed E-state index contributed by atoms with van der Waals surface area (Å²) in [5, 5.41) is 8.79. The Morgan fingerprint density at radius 3 is 2.44 bits per heavy atom. The van der Waals surface area contributed by atoms with E-state index in [1.807, 2.05) is 24.3 Å². The van der Waals surface area contributed by atoms with Crippen molar-refractivity contribution in [3.05, 3.63) is 53.6 Å². The van der Waals surface area contributed by atoms with Crippen molar-refractivity contribution in [2.45, 2.75) is 6.92 Å². The van der Waals surface area contributed by atoms with Crippen LogP contribution in [-0.2, 0) is 0 Å². The van der Waals surface area contributed by atoms with E-state index in [9.17, 15) is 0 Å². The second kappa shape index (κ2) is 4.08. The number of nitrogens with two attached hydrogens (primary N) is 1. The third-order valence-corrected chi connectivity index (χ3v) is 2.52. The van der Waals surface area contributed by atoms with E-state index in [0.717, 1.165) is 11.1 Å². The number of benzene rings is 2. The standard InChI is InChI=1S/C14H12N2/c1-10-3-2-4-11(7-10)12-5-6-13(9-15)14(16)8-12/h2-8H,16H2,1H3. The minimum Gasteiger partial charge on any atom is -0.398 e. The lowest BCUT2D eigenvalue weighted by atomic mass is 10.0. The smallest absolute Gasteiger partial charge is 0.101 e. The van der Waals surface area contributed by atoms with Crippen LogP contribution < -0.4 is 5.73 Å². The van der Waals surface area contributed by atoms with E-state index < -0.39 is 0 Å². The van der Waals surface area contributed by atoms with Gasteiger partial charge in [-0.2, -0.15) is 5.26 Å². The molecule has 0 bridgehead atoms. The van der Waals surface area contributed by atoms with Crippen molar-refractivity contribution in [3.63, 3.8) is 0 Å². The molecule has 0 heterocycles. The van der Waals surface area contributed by atoms with E-state index in [0.29, 0.717) is 11.3 Å². The quantitative estimate of drug-likeness (QED) is 0.732. The highest BCUT2D eigenvalue weighted by molar-refractivity contribution is 5.71. The van der Waals surface area contributed by atoms with E-state index in [-0.39, 0.29) is 0 Å². The molecular weight excluding hydrogens is 196 g/mol. The minimum absolute atomic E-state index is 0.524. The molecule has 0 radical (unpaired) electrons. The Bertz CT molecular complexity index is 565. The molecule has 2 nitrogen and oxygen atoms in total. The molecule has 0 aromatic heterocycles. The largest absolute Gasteiger partial charge is 0.398 e. The Balaban J connectivity index is 2.50. The van der Waals surface area contributed by atoms with E-state index in [1.54, 1.807) is 6.07 Å². The molecule has 0 spiro atoms. The fourth-order valence-electron chi connectivity index (χ4n) is 1.67. The molecule has 16 heavy (non-hydrogen) atoms. The molecule has 0 unspecified atom stereocenters. The zero-order valence-corrected chi connectivity index (χ0v) is 9.07. The number of anilines is 1.